The Balaban J connectivity index is 2.00. The van der Waals surface area contributed by atoms with Crippen LogP contribution in [0.5, 0.6) is 0 Å². The van der Waals surface area contributed by atoms with Gasteiger partial charge in [0.15, 0.2) is 5.11 Å². The second-order valence-corrected chi connectivity index (χ2v) is 6.02. The van der Waals surface area contributed by atoms with Gasteiger partial charge in [0.1, 0.15) is 0 Å². The van der Waals surface area contributed by atoms with Crippen LogP contribution in [-0.4, -0.2) is 41.7 Å². The van der Waals surface area contributed by atoms with Gasteiger partial charge in [0.2, 0.25) is 0 Å². The molecule has 1 aliphatic rings. The molecule has 0 aliphatic carbocycles. The predicted molar refractivity (Wildman–Crippen MR) is 92.3 cm³/mol. The normalized spacial score (nSPS) is 16.6. The Morgan fingerprint density at radius 3 is 2.96 bits per heavy atom. The van der Waals surface area contributed by atoms with Crippen LogP contribution in [0.2, 0.25) is 5.02 Å². The summed E-state index contributed by atoms with van der Waals surface area (Å²) in [4.78, 5) is 14.1. The van der Waals surface area contributed by atoms with E-state index in [0.717, 1.165) is 19.4 Å². The first-order valence-corrected chi connectivity index (χ1v) is 8.23. The minimum atomic E-state index is -0.352. The topological polar surface area (TPSA) is 65.4 Å². The van der Waals surface area contributed by atoms with Crippen LogP contribution < -0.4 is 5.32 Å². The highest BCUT2D eigenvalue weighted by molar-refractivity contribution is 7.80. The molecular weight excluding hydrogens is 334 g/mol. The van der Waals surface area contributed by atoms with Crippen LogP contribution in [0.15, 0.2) is 24.3 Å². The van der Waals surface area contributed by atoms with E-state index in [1.807, 2.05) is 4.90 Å². The number of hydrogen-bond acceptors (Lipinski definition) is 4. The lowest BCUT2D eigenvalue weighted by atomic mass is 10.2. The summed E-state index contributed by atoms with van der Waals surface area (Å²) in [6.07, 6.45) is 2.40. The Bertz CT molecular complexity index is 612. The van der Waals surface area contributed by atoms with Crippen molar-refractivity contribution in [1.29, 1.82) is 5.26 Å². The number of thiocarbonyl (C=S) groups is 1. The fraction of sp³-hybridized carbons (Fsp3) is 0.438. The van der Waals surface area contributed by atoms with E-state index in [1.54, 1.807) is 24.3 Å². The van der Waals surface area contributed by atoms with Gasteiger partial charge in [-0.2, -0.15) is 5.26 Å². The second-order valence-electron chi connectivity index (χ2n) is 5.23. The number of nitrogens with one attached hydrogen (secondary N) is 1. The Kier molecular flexibility index (Phi) is 6.78. The number of nitriles is 1. The van der Waals surface area contributed by atoms with Gasteiger partial charge in [-0.05, 0) is 37.2 Å². The van der Waals surface area contributed by atoms with E-state index in [9.17, 15) is 4.79 Å². The van der Waals surface area contributed by atoms with Crippen LogP contribution >= 0.6 is 23.8 Å². The summed E-state index contributed by atoms with van der Waals surface area (Å²) in [5, 5.41) is 12.2. The Hall–Kier alpha value is -1.68. The van der Waals surface area contributed by atoms with Crippen molar-refractivity contribution in [3.8, 4) is 6.07 Å². The van der Waals surface area contributed by atoms with E-state index in [1.165, 1.54) is 0 Å². The molecule has 122 valence electrons. The van der Waals surface area contributed by atoms with Crippen molar-refractivity contribution in [2.75, 3.05) is 19.7 Å². The van der Waals surface area contributed by atoms with E-state index in [-0.39, 0.29) is 12.0 Å². The second kappa shape index (κ2) is 8.82. The van der Waals surface area contributed by atoms with Crippen LogP contribution in [0.25, 0.3) is 0 Å². The lowest BCUT2D eigenvalue weighted by molar-refractivity contribution is 0.0890. The summed E-state index contributed by atoms with van der Waals surface area (Å²) in [6.45, 7) is 1.77. The van der Waals surface area contributed by atoms with Gasteiger partial charge >= 0.3 is 0 Å². The first kappa shape index (κ1) is 17.7. The molecule has 2 rings (SSSR count). The van der Waals surface area contributed by atoms with Crippen LogP contribution in [-0.2, 0) is 4.74 Å². The molecule has 1 aromatic carbocycles. The molecule has 1 atom stereocenters. The lowest BCUT2D eigenvalue weighted by Gasteiger charge is -2.27. The summed E-state index contributed by atoms with van der Waals surface area (Å²) in [6, 6.07) is 8.88. The van der Waals surface area contributed by atoms with Crippen molar-refractivity contribution in [2.24, 2.45) is 0 Å². The molecule has 23 heavy (non-hydrogen) atoms. The van der Waals surface area contributed by atoms with Crippen molar-refractivity contribution in [2.45, 2.75) is 25.4 Å². The maximum Gasteiger partial charge on any atom is 0.258 e. The molecule has 0 bridgehead atoms. The van der Waals surface area contributed by atoms with Gasteiger partial charge < -0.3 is 9.64 Å². The molecule has 5 nitrogen and oxygen atoms in total. The molecule has 0 saturated carbocycles. The number of rotatable bonds is 5. The third kappa shape index (κ3) is 5.17. The Morgan fingerprint density at radius 2 is 2.30 bits per heavy atom. The smallest absolute Gasteiger partial charge is 0.258 e. The zero-order valence-electron chi connectivity index (χ0n) is 12.6. The first-order valence-electron chi connectivity index (χ1n) is 7.45. The average molecular weight is 352 g/mol. The summed E-state index contributed by atoms with van der Waals surface area (Å²) in [5.74, 6) is -0.352. The van der Waals surface area contributed by atoms with Crippen LogP contribution in [0.1, 0.15) is 29.6 Å². The number of benzene rings is 1. The summed E-state index contributed by atoms with van der Waals surface area (Å²) in [5.41, 5.74) is 0.369. The van der Waals surface area contributed by atoms with Crippen molar-refractivity contribution in [3.63, 3.8) is 0 Å². The summed E-state index contributed by atoms with van der Waals surface area (Å²) >= 11 is 11.4. The van der Waals surface area contributed by atoms with Crippen molar-refractivity contribution < 1.29 is 9.53 Å². The zero-order valence-corrected chi connectivity index (χ0v) is 14.2. The van der Waals surface area contributed by atoms with Gasteiger partial charge in [-0.3, -0.25) is 10.1 Å². The highest BCUT2D eigenvalue weighted by Crippen LogP contribution is 2.16. The molecule has 0 radical (unpaired) electrons. The fourth-order valence-electron chi connectivity index (χ4n) is 2.38. The molecule has 1 fully saturated rings. The Labute approximate surface area is 146 Å². The average Bonchev–Trinajstić information content (AvgIpc) is 3.04. The molecule has 7 heteroatoms. The number of hydrogen-bond donors (Lipinski definition) is 1. The molecule has 1 unspecified atom stereocenters. The van der Waals surface area contributed by atoms with Crippen molar-refractivity contribution in [1.82, 2.24) is 10.2 Å². The molecule has 1 N–H and O–H groups in total. The van der Waals surface area contributed by atoms with Crippen LogP contribution in [0.3, 0.4) is 0 Å². The van der Waals surface area contributed by atoms with E-state index < -0.39 is 0 Å². The van der Waals surface area contributed by atoms with Crippen molar-refractivity contribution in [3.05, 3.63) is 34.9 Å². The fourth-order valence-corrected chi connectivity index (χ4v) is 2.86. The third-order valence-corrected chi connectivity index (χ3v) is 4.26. The van der Waals surface area contributed by atoms with Gasteiger partial charge in [-0.1, -0.05) is 23.7 Å². The van der Waals surface area contributed by atoms with Gasteiger partial charge in [0, 0.05) is 19.7 Å². The molecule has 0 aromatic heterocycles. The van der Waals surface area contributed by atoms with Gasteiger partial charge in [-0.15, -0.1) is 0 Å². The number of ether oxygens (including phenoxy) is 1. The molecular formula is C16H18ClN3O2S. The minimum absolute atomic E-state index is 0.0869. The summed E-state index contributed by atoms with van der Waals surface area (Å²) in [7, 11) is 0. The van der Waals surface area contributed by atoms with Crippen LogP contribution in [0.4, 0.5) is 0 Å². The third-order valence-electron chi connectivity index (χ3n) is 3.57. The molecule has 1 saturated heterocycles. The lowest BCUT2D eigenvalue weighted by Crippen LogP contribution is -2.46. The highest BCUT2D eigenvalue weighted by atomic mass is 35.5. The van der Waals surface area contributed by atoms with Gasteiger partial charge in [0.25, 0.3) is 5.91 Å². The maximum absolute atomic E-state index is 12.3. The largest absolute Gasteiger partial charge is 0.376 e. The molecule has 1 amide bonds. The van der Waals surface area contributed by atoms with Gasteiger partial charge in [0.05, 0.1) is 29.2 Å². The van der Waals surface area contributed by atoms with E-state index in [0.29, 0.717) is 35.2 Å². The molecule has 1 aromatic rings. The number of nitrogens with zero attached hydrogens (tertiary/aromatic N) is 2. The first-order chi connectivity index (χ1) is 11.1. The zero-order chi connectivity index (χ0) is 16.7. The molecule has 1 aliphatic heterocycles. The van der Waals surface area contributed by atoms with E-state index in [4.69, 9.17) is 33.8 Å². The van der Waals surface area contributed by atoms with Crippen LogP contribution in [0, 0.1) is 11.3 Å². The van der Waals surface area contributed by atoms with Crippen molar-refractivity contribution >= 4 is 34.8 Å². The predicted octanol–water partition coefficient (Wildman–Crippen LogP) is 2.75. The molecule has 0 spiro atoms. The monoisotopic (exact) mass is 351 g/mol. The Morgan fingerprint density at radius 1 is 1.52 bits per heavy atom. The van der Waals surface area contributed by atoms with E-state index in [2.05, 4.69) is 11.4 Å². The quantitative estimate of drug-likeness (QED) is 0.826. The van der Waals surface area contributed by atoms with E-state index >= 15 is 0 Å². The summed E-state index contributed by atoms with van der Waals surface area (Å²) < 4.78 is 5.60. The number of amides is 1. The number of halogens is 1. The number of carbonyl (C=O) groups excluding carboxylic acids is 1. The number of carbonyl (C=O) groups is 1. The maximum atomic E-state index is 12.3. The van der Waals surface area contributed by atoms with Gasteiger partial charge in [-0.25, -0.2) is 0 Å². The molecule has 1 heterocycles. The SMILES string of the molecule is N#CCCN(CC1CCCO1)C(=S)NC(=O)c1ccccc1Cl. The minimum Gasteiger partial charge on any atom is -0.376 e. The standard InChI is InChI=1S/C16H18ClN3O2S/c17-14-7-2-1-6-13(14)15(21)19-16(23)20(9-4-8-18)11-12-5-3-10-22-12/h1-2,6-7,12H,3-5,9-11H2,(H,19,21,23). The highest BCUT2D eigenvalue weighted by Gasteiger charge is 2.22.